The van der Waals surface area contributed by atoms with Crippen molar-refractivity contribution in [2.45, 2.75) is 52.4 Å². The molecule has 0 aromatic heterocycles. The first-order valence-corrected chi connectivity index (χ1v) is 7.27. The molecule has 0 amide bonds. The van der Waals surface area contributed by atoms with Crippen molar-refractivity contribution in [1.82, 2.24) is 0 Å². The van der Waals surface area contributed by atoms with Crippen molar-refractivity contribution in [2.75, 3.05) is 0 Å². The largest absolute Gasteiger partial charge is 0.299 e. The third-order valence-corrected chi connectivity index (χ3v) is 4.13. The third kappa shape index (κ3) is 3.44. The lowest BCUT2D eigenvalue weighted by molar-refractivity contribution is -0.125. The maximum atomic E-state index is 12.0. The molecular weight excluding hydrogens is 220 g/mol. The summed E-state index contributed by atoms with van der Waals surface area (Å²) in [4.78, 5) is 12.0. The number of carbonyl (C=O) groups excluding carboxylic acids is 1. The number of Topliss-reactive ketones (excluding diaryl/α,β-unsaturated/α-hetero) is 1. The topological polar surface area (TPSA) is 17.1 Å². The normalized spacial score (nSPS) is 24.2. The monoisotopic (exact) mass is 244 g/mol. The fourth-order valence-corrected chi connectivity index (χ4v) is 3.19. The number of aryl methyl sites for hydroxylation is 1. The Morgan fingerprint density at radius 3 is 2.89 bits per heavy atom. The lowest BCUT2D eigenvalue weighted by Gasteiger charge is -2.28. The number of hydrogen-bond acceptors (Lipinski definition) is 1. The van der Waals surface area contributed by atoms with Gasteiger partial charge in [-0.2, -0.15) is 0 Å². The Kier molecular flexibility index (Phi) is 4.57. The van der Waals surface area contributed by atoms with Crippen LogP contribution in [0.5, 0.6) is 0 Å². The zero-order chi connectivity index (χ0) is 13.0. The van der Waals surface area contributed by atoms with Crippen molar-refractivity contribution >= 4 is 5.78 Å². The minimum Gasteiger partial charge on any atom is -0.299 e. The van der Waals surface area contributed by atoms with Crippen LogP contribution in [0, 0.1) is 18.8 Å². The third-order valence-electron chi connectivity index (χ3n) is 4.13. The molecule has 0 N–H and O–H groups in total. The fourth-order valence-electron chi connectivity index (χ4n) is 3.19. The quantitative estimate of drug-likeness (QED) is 0.770. The van der Waals surface area contributed by atoms with Crippen molar-refractivity contribution < 1.29 is 4.79 Å². The maximum absolute atomic E-state index is 12.0. The van der Waals surface area contributed by atoms with Gasteiger partial charge in [0.15, 0.2) is 0 Å². The molecule has 1 heteroatoms. The molecule has 18 heavy (non-hydrogen) atoms. The van der Waals surface area contributed by atoms with Crippen molar-refractivity contribution in [3.05, 3.63) is 35.4 Å². The zero-order valence-corrected chi connectivity index (χ0v) is 11.6. The Morgan fingerprint density at radius 1 is 1.33 bits per heavy atom. The average Bonchev–Trinajstić information content (AvgIpc) is 2.34. The van der Waals surface area contributed by atoms with Gasteiger partial charge in [-0.3, -0.25) is 4.79 Å². The van der Waals surface area contributed by atoms with Gasteiger partial charge < -0.3 is 0 Å². The molecule has 98 valence electrons. The van der Waals surface area contributed by atoms with Gasteiger partial charge >= 0.3 is 0 Å². The van der Waals surface area contributed by atoms with Crippen molar-refractivity contribution in [1.29, 1.82) is 0 Å². The summed E-state index contributed by atoms with van der Waals surface area (Å²) in [6.45, 7) is 4.36. The van der Waals surface area contributed by atoms with E-state index in [-0.39, 0.29) is 5.92 Å². The molecule has 1 aliphatic rings. The predicted molar refractivity (Wildman–Crippen MR) is 75.6 cm³/mol. The van der Waals surface area contributed by atoms with E-state index in [1.807, 2.05) is 0 Å². The molecule has 1 aromatic carbocycles. The molecule has 1 aromatic rings. The smallest absolute Gasteiger partial charge is 0.136 e. The molecule has 0 radical (unpaired) electrons. The molecule has 0 bridgehead atoms. The minimum absolute atomic E-state index is 0.275. The molecule has 0 heterocycles. The highest BCUT2D eigenvalue weighted by Crippen LogP contribution is 2.31. The highest BCUT2D eigenvalue weighted by Gasteiger charge is 2.28. The fraction of sp³-hybridized carbons (Fsp3) is 0.588. The van der Waals surface area contributed by atoms with Gasteiger partial charge in [0, 0.05) is 12.3 Å². The average molecular weight is 244 g/mol. The molecule has 0 saturated heterocycles. The molecule has 1 fully saturated rings. The van der Waals surface area contributed by atoms with Gasteiger partial charge in [0.05, 0.1) is 0 Å². The van der Waals surface area contributed by atoms with E-state index in [4.69, 9.17) is 0 Å². The Labute approximate surface area is 111 Å². The maximum Gasteiger partial charge on any atom is 0.136 e. The van der Waals surface area contributed by atoms with E-state index in [1.165, 1.54) is 24.0 Å². The predicted octanol–water partition coefficient (Wildman–Crippen LogP) is 4.32. The second kappa shape index (κ2) is 6.17. The highest BCUT2D eigenvalue weighted by molar-refractivity contribution is 5.82. The van der Waals surface area contributed by atoms with Crippen LogP contribution in [0.3, 0.4) is 0 Å². The number of benzene rings is 1. The summed E-state index contributed by atoms with van der Waals surface area (Å²) in [7, 11) is 0. The second-order valence-electron chi connectivity index (χ2n) is 5.79. The molecule has 1 nitrogen and oxygen atoms in total. The number of hydrogen-bond donors (Lipinski definition) is 0. The first-order chi connectivity index (χ1) is 8.69. The lowest BCUT2D eigenvalue weighted by Crippen LogP contribution is -2.26. The van der Waals surface area contributed by atoms with Gasteiger partial charge in [-0.15, -0.1) is 0 Å². The standard InChI is InChI=1S/C17H24O/c1-3-5-14-8-9-17(18)16(11-14)12-15-7-4-6-13(2)10-15/h4,6-7,10,14,16H,3,5,8-9,11-12H2,1-2H3. The summed E-state index contributed by atoms with van der Waals surface area (Å²) in [6, 6.07) is 8.59. The Morgan fingerprint density at radius 2 is 2.17 bits per heavy atom. The molecule has 0 spiro atoms. The SMILES string of the molecule is CCCC1CCC(=O)C(Cc2cccc(C)c2)C1. The Hall–Kier alpha value is -1.11. The van der Waals surface area contributed by atoms with Crippen LogP contribution in [0.25, 0.3) is 0 Å². The molecular formula is C17H24O. The van der Waals surface area contributed by atoms with E-state index in [2.05, 4.69) is 38.1 Å². The van der Waals surface area contributed by atoms with E-state index in [1.54, 1.807) is 0 Å². The summed E-state index contributed by atoms with van der Waals surface area (Å²) in [5.74, 6) is 1.54. The van der Waals surface area contributed by atoms with E-state index in [9.17, 15) is 4.79 Å². The zero-order valence-electron chi connectivity index (χ0n) is 11.6. The van der Waals surface area contributed by atoms with Crippen LogP contribution in [0.15, 0.2) is 24.3 Å². The van der Waals surface area contributed by atoms with Gasteiger partial charge in [-0.1, -0.05) is 49.6 Å². The summed E-state index contributed by atoms with van der Waals surface area (Å²) >= 11 is 0. The van der Waals surface area contributed by atoms with Crippen LogP contribution in [0.2, 0.25) is 0 Å². The van der Waals surface area contributed by atoms with E-state index < -0.39 is 0 Å². The van der Waals surface area contributed by atoms with Gasteiger partial charge in [0.25, 0.3) is 0 Å². The first kappa shape index (κ1) is 13.3. The van der Waals surface area contributed by atoms with Crippen LogP contribution >= 0.6 is 0 Å². The van der Waals surface area contributed by atoms with Gasteiger partial charge in [0.2, 0.25) is 0 Å². The van der Waals surface area contributed by atoms with Crippen LogP contribution in [0.1, 0.15) is 50.2 Å². The molecule has 1 aliphatic carbocycles. The highest BCUT2D eigenvalue weighted by atomic mass is 16.1. The second-order valence-corrected chi connectivity index (χ2v) is 5.79. The van der Waals surface area contributed by atoms with Gasteiger partial charge in [-0.25, -0.2) is 0 Å². The van der Waals surface area contributed by atoms with Crippen molar-refractivity contribution in [3.63, 3.8) is 0 Å². The summed E-state index contributed by atoms with van der Waals surface area (Å²) < 4.78 is 0. The number of carbonyl (C=O) groups is 1. The lowest BCUT2D eigenvalue weighted by atomic mass is 9.76. The van der Waals surface area contributed by atoms with E-state index >= 15 is 0 Å². The molecule has 2 unspecified atom stereocenters. The Bertz CT molecular complexity index is 408. The van der Waals surface area contributed by atoms with Crippen molar-refractivity contribution in [3.8, 4) is 0 Å². The van der Waals surface area contributed by atoms with Crippen LogP contribution in [0.4, 0.5) is 0 Å². The summed E-state index contributed by atoms with van der Waals surface area (Å²) in [5.41, 5.74) is 2.62. The van der Waals surface area contributed by atoms with Crippen LogP contribution < -0.4 is 0 Å². The van der Waals surface area contributed by atoms with Crippen LogP contribution in [-0.4, -0.2) is 5.78 Å². The number of rotatable bonds is 4. The van der Waals surface area contributed by atoms with Gasteiger partial charge in [-0.05, 0) is 37.7 Å². The Balaban J connectivity index is 2.00. The van der Waals surface area contributed by atoms with E-state index in [0.29, 0.717) is 5.78 Å². The molecule has 1 saturated carbocycles. The van der Waals surface area contributed by atoms with Crippen LogP contribution in [-0.2, 0) is 11.2 Å². The summed E-state index contributed by atoms with van der Waals surface area (Å²) in [5, 5.41) is 0. The molecule has 0 aliphatic heterocycles. The van der Waals surface area contributed by atoms with Gasteiger partial charge in [0.1, 0.15) is 5.78 Å². The van der Waals surface area contributed by atoms with Crippen molar-refractivity contribution in [2.24, 2.45) is 11.8 Å². The molecule has 2 atom stereocenters. The number of ketones is 1. The molecule has 2 rings (SSSR count). The summed E-state index contributed by atoms with van der Waals surface area (Å²) in [6.07, 6.45) is 6.52. The minimum atomic E-state index is 0.275. The van der Waals surface area contributed by atoms with E-state index in [0.717, 1.165) is 31.6 Å². The first-order valence-electron chi connectivity index (χ1n) is 7.27.